The molecule has 19 heteroatoms. The number of rotatable bonds is 19. The third-order valence-corrected chi connectivity index (χ3v) is 12.4. The van der Waals surface area contributed by atoms with Gasteiger partial charge in [0.05, 0.1) is 21.0 Å². The van der Waals surface area contributed by atoms with E-state index in [2.05, 4.69) is 19.9 Å². The van der Waals surface area contributed by atoms with Crippen molar-refractivity contribution in [3.63, 3.8) is 0 Å². The predicted octanol–water partition coefficient (Wildman–Crippen LogP) is 5.66. The Bertz CT molecular complexity index is 2340. The van der Waals surface area contributed by atoms with Crippen molar-refractivity contribution >= 4 is 53.3 Å². The molecule has 0 atom stereocenters. The highest BCUT2D eigenvalue weighted by molar-refractivity contribution is 7.86. The molecule has 0 saturated heterocycles. The maximum atomic E-state index is 12.2. The van der Waals surface area contributed by atoms with Gasteiger partial charge in [-0.05, 0) is 87.0 Å². The quantitative estimate of drug-likeness (QED) is 0.0296. The number of amides is 1. The van der Waals surface area contributed by atoms with E-state index in [1.54, 1.807) is 24.3 Å². The number of unbranched alkanes of at least 4 members (excludes halogenated alkanes) is 2. The first kappa shape index (κ1) is 44.4. The second kappa shape index (κ2) is 17.8. The minimum absolute atomic E-state index is 0.0852. The number of carbonyl (C=O) groups excluding carboxylic acids is 1. The zero-order chi connectivity index (χ0) is 41.5. The molecule has 304 valence electrons. The zero-order valence-electron chi connectivity index (χ0n) is 31.8. The topological polar surface area (TPSA) is 250 Å². The van der Waals surface area contributed by atoms with Crippen LogP contribution in [0.15, 0.2) is 87.4 Å². The third-order valence-electron chi connectivity index (χ3n) is 9.93. The Labute approximate surface area is 328 Å². The summed E-state index contributed by atoms with van der Waals surface area (Å²) in [5.41, 5.74) is 11.1. The van der Waals surface area contributed by atoms with Crippen LogP contribution in [0.25, 0.3) is 10.4 Å². The summed E-state index contributed by atoms with van der Waals surface area (Å²) in [5.74, 6) is -0.559. The standard InChI is InChI=1S/C37H48N6O10S3/c1-36(2)29-25-27(55(48,49)50)16-18-31(29)42(22-10-6-9-15-35(44)39-20-11-21-40-41-38)33(36)13-7-5-8-14-34-37(3,4)30-26-28(56(51,52)53)17-19-32(30)43(34)23-12-24-54(45,46)47/h5,7-8,13-14,16-19,25-26H,6,9-12,15,20-24H2,1-4H3,(H3-,39,44,45,46,47,48,49,50,51,52,53). The van der Waals surface area contributed by atoms with E-state index in [1.807, 2.05) is 50.8 Å². The van der Waals surface area contributed by atoms with Gasteiger partial charge in [-0.25, -0.2) is 8.42 Å². The smallest absolute Gasteiger partial charge is 0.294 e. The molecule has 4 rings (SSSR count). The van der Waals surface area contributed by atoms with Crippen molar-refractivity contribution in [3.05, 3.63) is 94.0 Å². The minimum atomic E-state index is -4.70. The molecule has 2 aromatic carbocycles. The van der Waals surface area contributed by atoms with Gasteiger partial charge < -0.3 is 14.8 Å². The molecule has 2 aromatic rings. The Morgan fingerprint density at radius 1 is 0.911 bits per heavy atom. The van der Waals surface area contributed by atoms with Crippen LogP contribution in [-0.2, 0) is 46.0 Å². The Balaban J connectivity index is 1.59. The van der Waals surface area contributed by atoms with E-state index in [1.165, 1.54) is 24.3 Å². The molecule has 2 heterocycles. The summed E-state index contributed by atoms with van der Waals surface area (Å²) >= 11 is 0. The van der Waals surface area contributed by atoms with Crippen molar-refractivity contribution in [2.24, 2.45) is 5.11 Å². The lowest BCUT2D eigenvalue weighted by atomic mass is 9.81. The Kier molecular flexibility index (Phi) is 14.1. The van der Waals surface area contributed by atoms with E-state index in [9.17, 15) is 43.7 Å². The predicted molar refractivity (Wildman–Crippen MR) is 211 cm³/mol. The van der Waals surface area contributed by atoms with Crippen molar-refractivity contribution in [1.82, 2.24) is 5.32 Å². The maximum Gasteiger partial charge on any atom is 0.294 e. The van der Waals surface area contributed by atoms with E-state index >= 15 is 0 Å². The van der Waals surface area contributed by atoms with Gasteiger partial charge in [0.1, 0.15) is 16.7 Å². The number of benzene rings is 2. The van der Waals surface area contributed by atoms with Crippen molar-refractivity contribution in [2.75, 3.05) is 36.8 Å². The summed E-state index contributed by atoms with van der Waals surface area (Å²) in [5, 5.41) is 6.26. The molecule has 0 radical (unpaired) electrons. The lowest BCUT2D eigenvalue weighted by Gasteiger charge is -2.27. The molecule has 0 fully saturated rings. The van der Waals surface area contributed by atoms with Crippen molar-refractivity contribution in [2.45, 2.75) is 86.8 Å². The number of fused-ring (bicyclic) bond motifs is 2. The first-order chi connectivity index (χ1) is 26.1. The SMILES string of the molecule is CC1(C)C(=CC=CC=CC2=[N+](CCCCCC(=O)NCCCN=[N+]=[N-])c3ccc(S(=O)(=O)[O-])cc3C2(C)C)N(CCCS(=O)(=O)O)c2ccc(S(=O)(=O)O)cc21. The molecule has 16 nitrogen and oxygen atoms in total. The van der Waals surface area contributed by atoms with E-state index < -0.39 is 46.9 Å². The van der Waals surface area contributed by atoms with E-state index in [4.69, 9.17) is 5.53 Å². The van der Waals surface area contributed by atoms with E-state index in [-0.39, 0.29) is 28.7 Å². The van der Waals surface area contributed by atoms with E-state index in [0.717, 1.165) is 23.5 Å². The van der Waals surface area contributed by atoms with Crippen LogP contribution in [0.5, 0.6) is 0 Å². The van der Waals surface area contributed by atoms with Gasteiger partial charge in [0.15, 0.2) is 5.71 Å². The second-order valence-corrected chi connectivity index (χ2v) is 19.0. The van der Waals surface area contributed by atoms with Crippen LogP contribution in [0.4, 0.5) is 11.4 Å². The number of hydrogen-bond acceptors (Lipinski definition) is 10. The fourth-order valence-electron chi connectivity index (χ4n) is 7.11. The molecular formula is C37H48N6O10S3. The normalized spacial score (nSPS) is 17.1. The van der Waals surface area contributed by atoms with Crippen LogP contribution in [-0.4, -0.2) is 87.0 Å². The van der Waals surface area contributed by atoms with Crippen LogP contribution in [0, 0.1) is 0 Å². The molecule has 1 amide bonds. The Morgan fingerprint density at radius 2 is 1.61 bits per heavy atom. The van der Waals surface area contributed by atoms with Crippen molar-refractivity contribution < 1.29 is 48.3 Å². The second-order valence-electron chi connectivity index (χ2n) is 14.6. The highest BCUT2D eigenvalue weighted by Gasteiger charge is 2.44. The molecule has 2 aliphatic rings. The first-order valence-electron chi connectivity index (χ1n) is 18.0. The molecule has 2 aliphatic heterocycles. The third kappa shape index (κ3) is 10.9. The summed E-state index contributed by atoms with van der Waals surface area (Å²) < 4.78 is 104. The maximum absolute atomic E-state index is 12.2. The fourth-order valence-corrected chi connectivity index (χ4v) is 8.61. The van der Waals surface area contributed by atoms with Gasteiger partial charge in [-0.15, -0.1) is 0 Å². The van der Waals surface area contributed by atoms with Gasteiger partial charge in [-0.3, -0.25) is 13.9 Å². The zero-order valence-corrected chi connectivity index (χ0v) is 34.2. The van der Waals surface area contributed by atoms with Crippen LogP contribution >= 0.6 is 0 Å². The average Bonchev–Trinajstić information content (AvgIpc) is 3.44. The summed E-state index contributed by atoms with van der Waals surface area (Å²) in [6.07, 6.45) is 12.2. The van der Waals surface area contributed by atoms with Gasteiger partial charge in [-0.1, -0.05) is 37.2 Å². The number of carbonyl (C=O) groups is 1. The van der Waals surface area contributed by atoms with Gasteiger partial charge in [0.2, 0.25) is 11.6 Å². The number of nitrogens with one attached hydrogen (secondary N) is 1. The van der Waals surface area contributed by atoms with Gasteiger partial charge >= 0.3 is 0 Å². The highest BCUT2D eigenvalue weighted by atomic mass is 32.2. The molecule has 0 saturated carbocycles. The van der Waals surface area contributed by atoms with Crippen LogP contribution < -0.4 is 10.2 Å². The van der Waals surface area contributed by atoms with Crippen LogP contribution in [0.3, 0.4) is 0 Å². The summed E-state index contributed by atoms with van der Waals surface area (Å²) in [4.78, 5) is 16.2. The number of nitrogens with zero attached hydrogens (tertiary/aromatic N) is 5. The van der Waals surface area contributed by atoms with E-state index in [0.29, 0.717) is 62.1 Å². The molecule has 0 aliphatic carbocycles. The Morgan fingerprint density at radius 3 is 2.27 bits per heavy atom. The lowest BCUT2D eigenvalue weighted by Crippen LogP contribution is -2.28. The number of azide groups is 1. The molecule has 0 spiro atoms. The summed E-state index contributed by atoms with van der Waals surface area (Å²) in [6, 6.07) is 8.58. The molecule has 3 N–H and O–H groups in total. The molecule has 56 heavy (non-hydrogen) atoms. The lowest BCUT2D eigenvalue weighted by molar-refractivity contribution is -0.438. The van der Waals surface area contributed by atoms with Crippen molar-refractivity contribution in [3.8, 4) is 0 Å². The average molecular weight is 833 g/mol. The largest absolute Gasteiger partial charge is 0.744 e. The van der Waals surface area contributed by atoms with Gasteiger partial charge in [0, 0.05) is 71.9 Å². The van der Waals surface area contributed by atoms with Gasteiger partial charge in [-0.2, -0.15) is 21.4 Å². The van der Waals surface area contributed by atoms with Crippen molar-refractivity contribution in [1.29, 1.82) is 0 Å². The molecule has 0 aromatic heterocycles. The summed E-state index contributed by atoms with van der Waals surface area (Å²) in [7, 11) is -13.4. The Hall–Kier alpha value is -4.36. The molecular weight excluding hydrogens is 785 g/mol. The monoisotopic (exact) mass is 832 g/mol. The van der Waals surface area contributed by atoms with Gasteiger partial charge in [0.25, 0.3) is 20.2 Å². The summed E-state index contributed by atoms with van der Waals surface area (Å²) in [6.45, 7) is 9.11. The highest BCUT2D eigenvalue weighted by Crippen LogP contribution is 2.48. The number of allylic oxidation sites excluding steroid dienone is 6. The molecule has 0 bridgehead atoms. The first-order valence-corrected chi connectivity index (χ1v) is 22.5. The number of hydrogen-bond donors (Lipinski definition) is 3. The number of anilines is 1. The van der Waals surface area contributed by atoms with Crippen LogP contribution in [0.1, 0.15) is 77.3 Å². The minimum Gasteiger partial charge on any atom is -0.744 e. The van der Waals surface area contributed by atoms with Crippen LogP contribution in [0.2, 0.25) is 0 Å². The fraction of sp³-hybridized carbons (Fsp3) is 0.459. The molecule has 0 unspecified atom stereocenters.